The van der Waals surface area contributed by atoms with E-state index in [-0.39, 0.29) is 88.9 Å². The van der Waals surface area contributed by atoms with Gasteiger partial charge >= 0.3 is 57.4 Å². The molecule has 2 aromatic carbocycles. The van der Waals surface area contributed by atoms with Gasteiger partial charge in [-0.2, -0.15) is 0 Å². The zero-order valence-corrected chi connectivity index (χ0v) is 18.2. The summed E-state index contributed by atoms with van der Waals surface area (Å²) in [5, 5.41) is 18.0. The number of phenols is 2. The molecular formula is C19H21KO6. The van der Waals surface area contributed by atoms with Crippen LogP contribution in [0.15, 0.2) is 48.5 Å². The van der Waals surface area contributed by atoms with Gasteiger partial charge in [0.15, 0.2) is 11.6 Å². The summed E-state index contributed by atoms with van der Waals surface area (Å²) in [6.45, 7) is 3.40. The Morgan fingerprint density at radius 2 is 1.46 bits per heavy atom. The number of carbonyl (C=O) groups excluding carboxylic acids is 3. The molecule has 0 heterocycles. The maximum atomic E-state index is 11.5. The molecule has 134 valence electrons. The maximum Gasteiger partial charge on any atom is 1.00 e. The third kappa shape index (κ3) is 9.26. The first-order valence-corrected chi connectivity index (χ1v) is 7.61. The van der Waals surface area contributed by atoms with E-state index in [9.17, 15) is 14.4 Å². The van der Waals surface area contributed by atoms with E-state index in [0.717, 1.165) is 0 Å². The molecule has 2 aromatic rings. The van der Waals surface area contributed by atoms with Gasteiger partial charge in [-0.25, -0.2) is 0 Å². The van der Waals surface area contributed by atoms with Gasteiger partial charge in [0.2, 0.25) is 0 Å². The second kappa shape index (κ2) is 12.8. The maximum absolute atomic E-state index is 11.5. The van der Waals surface area contributed by atoms with Crippen LogP contribution in [-0.2, 0) is 9.53 Å². The fraction of sp³-hybridized carbons (Fsp3) is 0.211. The molecule has 0 spiro atoms. The van der Waals surface area contributed by atoms with E-state index in [4.69, 9.17) is 10.2 Å². The molecule has 0 aliphatic rings. The molecule has 0 aromatic heterocycles. The van der Waals surface area contributed by atoms with E-state index < -0.39 is 5.97 Å². The Labute approximate surface area is 196 Å². The van der Waals surface area contributed by atoms with Gasteiger partial charge in [0.25, 0.3) is 0 Å². The van der Waals surface area contributed by atoms with Crippen LogP contribution in [-0.4, -0.2) is 34.4 Å². The molecule has 0 amide bonds. The first kappa shape index (κ1) is 24.5. The van der Waals surface area contributed by atoms with Gasteiger partial charge in [0.05, 0.1) is 6.61 Å². The molecule has 0 unspecified atom stereocenters. The molecule has 0 radical (unpaired) electrons. The van der Waals surface area contributed by atoms with Gasteiger partial charge in [-0.05, 0) is 38.1 Å². The van der Waals surface area contributed by atoms with Crippen molar-refractivity contribution in [3.63, 3.8) is 0 Å². The molecule has 2 rings (SSSR count). The van der Waals surface area contributed by atoms with Crippen molar-refractivity contribution in [3.05, 3.63) is 59.7 Å². The minimum absolute atomic E-state index is 0. The Kier molecular flexibility index (Phi) is 12.0. The van der Waals surface area contributed by atoms with Crippen LogP contribution < -0.4 is 51.4 Å². The Morgan fingerprint density at radius 1 is 0.962 bits per heavy atom. The van der Waals surface area contributed by atoms with E-state index in [1.54, 1.807) is 31.2 Å². The Bertz CT molecular complexity index is 763. The van der Waals surface area contributed by atoms with Crippen molar-refractivity contribution in [2.45, 2.75) is 20.3 Å². The SMILES string of the molecule is CC(=O)c1cccc(O)c1.CCOC(=O)CC(=O)c1cccc(O)c1.[H-].[K+]. The number of aromatic hydroxyl groups is 2. The molecule has 7 heteroatoms. The van der Waals surface area contributed by atoms with Gasteiger partial charge in [0, 0.05) is 11.1 Å². The van der Waals surface area contributed by atoms with E-state index in [1.165, 1.54) is 31.2 Å². The summed E-state index contributed by atoms with van der Waals surface area (Å²) in [6.07, 6.45) is -0.294. The van der Waals surface area contributed by atoms with Crippen molar-refractivity contribution in [1.82, 2.24) is 0 Å². The number of rotatable bonds is 5. The molecule has 0 atom stereocenters. The average Bonchev–Trinajstić information content (AvgIpc) is 2.55. The van der Waals surface area contributed by atoms with Crippen LogP contribution in [0.5, 0.6) is 11.5 Å². The van der Waals surface area contributed by atoms with Crippen molar-refractivity contribution in [3.8, 4) is 11.5 Å². The third-order valence-electron chi connectivity index (χ3n) is 3.03. The summed E-state index contributed by atoms with van der Waals surface area (Å²) >= 11 is 0. The van der Waals surface area contributed by atoms with Crippen molar-refractivity contribution >= 4 is 17.5 Å². The zero-order valence-electron chi connectivity index (χ0n) is 16.1. The van der Waals surface area contributed by atoms with Crippen LogP contribution in [0.3, 0.4) is 0 Å². The molecule has 6 nitrogen and oxygen atoms in total. The quantitative estimate of drug-likeness (QED) is 0.331. The average molecular weight is 384 g/mol. The van der Waals surface area contributed by atoms with Crippen LogP contribution in [0.2, 0.25) is 0 Å². The van der Waals surface area contributed by atoms with Gasteiger partial charge in [-0.15, -0.1) is 0 Å². The summed E-state index contributed by atoms with van der Waals surface area (Å²) in [7, 11) is 0. The predicted molar refractivity (Wildman–Crippen MR) is 92.9 cm³/mol. The number of ketones is 2. The Hall–Kier alpha value is -1.51. The van der Waals surface area contributed by atoms with Gasteiger partial charge < -0.3 is 16.4 Å². The topological polar surface area (TPSA) is 101 Å². The number of ether oxygens (including phenoxy) is 1. The minimum atomic E-state index is -0.550. The molecule has 0 saturated carbocycles. The smallest absolute Gasteiger partial charge is 1.00 e. The summed E-state index contributed by atoms with van der Waals surface area (Å²) in [5.41, 5.74) is 0.850. The van der Waals surface area contributed by atoms with E-state index in [2.05, 4.69) is 4.74 Å². The zero-order chi connectivity index (χ0) is 18.8. The Balaban J connectivity index is 0. The van der Waals surface area contributed by atoms with Gasteiger partial charge in [-0.3, -0.25) is 14.4 Å². The molecule has 0 aliphatic heterocycles. The fourth-order valence-electron chi connectivity index (χ4n) is 1.85. The molecular weight excluding hydrogens is 363 g/mol. The monoisotopic (exact) mass is 384 g/mol. The number of hydrogen-bond acceptors (Lipinski definition) is 6. The van der Waals surface area contributed by atoms with Crippen LogP contribution in [0.25, 0.3) is 0 Å². The van der Waals surface area contributed by atoms with Crippen molar-refractivity contribution in [2.24, 2.45) is 0 Å². The number of carbonyl (C=O) groups is 3. The van der Waals surface area contributed by atoms with Crippen molar-refractivity contribution in [2.75, 3.05) is 6.61 Å². The standard InChI is InChI=1S/C11H12O4.C8H8O2.K.H/c1-2-15-11(14)7-10(13)8-4-3-5-9(12)6-8;1-6(9)7-3-2-4-8(10)5-7;;/h3-6,12H,2,7H2,1H3;2-5,10H,1H3;;/q;;+1;-1. The Morgan fingerprint density at radius 3 is 1.88 bits per heavy atom. The number of esters is 1. The van der Waals surface area contributed by atoms with Crippen molar-refractivity contribution in [1.29, 1.82) is 0 Å². The van der Waals surface area contributed by atoms with Gasteiger partial charge in [0.1, 0.15) is 17.9 Å². The number of benzene rings is 2. The molecule has 0 bridgehead atoms. The van der Waals surface area contributed by atoms with Gasteiger partial charge in [-0.1, -0.05) is 24.3 Å². The van der Waals surface area contributed by atoms with E-state index in [1.807, 2.05) is 0 Å². The predicted octanol–water partition coefficient (Wildman–Crippen LogP) is 0.239. The molecule has 0 fully saturated rings. The first-order valence-electron chi connectivity index (χ1n) is 7.61. The van der Waals surface area contributed by atoms with Crippen molar-refractivity contribution < 1.29 is 82.1 Å². The molecule has 26 heavy (non-hydrogen) atoms. The van der Waals surface area contributed by atoms with E-state index >= 15 is 0 Å². The summed E-state index contributed by atoms with van der Waals surface area (Å²) in [4.78, 5) is 33.2. The van der Waals surface area contributed by atoms with Crippen LogP contribution >= 0.6 is 0 Å². The fourth-order valence-corrected chi connectivity index (χ4v) is 1.85. The number of hydrogen-bond donors (Lipinski definition) is 2. The van der Waals surface area contributed by atoms with Crippen LogP contribution in [0, 0.1) is 0 Å². The summed E-state index contributed by atoms with van der Waals surface area (Å²) in [5.74, 6) is -0.802. The second-order valence-electron chi connectivity index (χ2n) is 5.06. The second-order valence-corrected chi connectivity index (χ2v) is 5.06. The first-order chi connectivity index (χ1) is 11.8. The number of phenolic OH excluding ortho intramolecular Hbond substituents is 2. The number of Topliss-reactive ketones (excluding diaryl/α,β-unsaturated/α-hetero) is 2. The van der Waals surface area contributed by atoms with Crippen LogP contribution in [0.4, 0.5) is 0 Å². The summed E-state index contributed by atoms with van der Waals surface area (Å²) < 4.78 is 4.64. The molecule has 0 saturated heterocycles. The normalized spacial score (nSPS) is 9.15. The largest absolute Gasteiger partial charge is 1.00 e. The van der Waals surface area contributed by atoms with E-state index in [0.29, 0.717) is 11.1 Å². The third-order valence-corrected chi connectivity index (χ3v) is 3.03. The molecule has 2 N–H and O–H groups in total. The summed E-state index contributed by atoms with van der Waals surface area (Å²) in [6, 6.07) is 12.2. The van der Waals surface area contributed by atoms with Crippen LogP contribution in [0.1, 0.15) is 42.4 Å². The minimum Gasteiger partial charge on any atom is -1.00 e. The molecule has 0 aliphatic carbocycles.